The number of hydrogen-bond donors (Lipinski definition) is 2. The van der Waals surface area contributed by atoms with E-state index in [1.54, 1.807) is 0 Å². The maximum absolute atomic E-state index is 12.8. The molecule has 0 radical (unpaired) electrons. The molecule has 1 aliphatic carbocycles. The summed E-state index contributed by atoms with van der Waals surface area (Å²) in [5.41, 5.74) is 0.151. The van der Waals surface area contributed by atoms with Crippen molar-refractivity contribution in [3.63, 3.8) is 0 Å². The lowest BCUT2D eigenvalue weighted by atomic mass is 9.80. The molecule has 0 bridgehead atoms. The van der Waals surface area contributed by atoms with Gasteiger partial charge in [-0.15, -0.1) is 0 Å². The van der Waals surface area contributed by atoms with Crippen molar-refractivity contribution in [2.24, 2.45) is 0 Å². The number of amides is 3. The molecule has 1 aromatic rings. The molecule has 7 heteroatoms. The van der Waals surface area contributed by atoms with Gasteiger partial charge in [0.05, 0.1) is 11.5 Å². The molecule has 0 unspecified atom stereocenters. The van der Waals surface area contributed by atoms with Crippen molar-refractivity contribution in [3.05, 3.63) is 29.8 Å². The molecule has 2 aliphatic heterocycles. The molecule has 1 aromatic carbocycles. The normalized spacial score (nSPS) is 27.9. The van der Waals surface area contributed by atoms with E-state index in [9.17, 15) is 19.6 Å². The third kappa shape index (κ3) is 2.67. The van der Waals surface area contributed by atoms with Gasteiger partial charge in [0.2, 0.25) is 5.91 Å². The number of para-hydroxylation sites is 1. The van der Waals surface area contributed by atoms with Crippen LogP contribution in [0.25, 0.3) is 0 Å². The number of nitrogens with zero attached hydrogens (tertiary/aromatic N) is 2. The highest BCUT2D eigenvalue weighted by atomic mass is 16.2. The zero-order valence-corrected chi connectivity index (χ0v) is 15.2. The number of carbonyl (C=O) groups is 3. The number of anilines is 1. The van der Waals surface area contributed by atoms with E-state index < -0.39 is 23.3 Å². The van der Waals surface area contributed by atoms with E-state index in [2.05, 4.69) is 16.7 Å². The van der Waals surface area contributed by atoms with Crippen LogP contribution >= 0.6 is 0 Å². The predicted molar refractivity (Wildman–Crippen MR) is 97.5 cm³/mol. The Bertz CT molecular complexity index is 868. The SMILES string of the molecule is CC1(NC(=O)C(=O)N2C[C@]3(C[C@H]2C#N)C(=O)Nc2ccccc23)CCCC1. The van der Waals surface area contributed by atoms with Crippen LogP contribution in [0.15, 0.2) is 24.3 Å². The van der Waals surface area contributed by atoms with Gasteiger partial charge in [0, 0.05) is 24.2 Å². The van der Waals surface area contributed by atoms with E-state index in [1.807, 2.05) is 31.2 Å². The fourth-order valence-corrected chi connectivity index (χ4v) is 4.71. The molecule has 0 aromatic heterocycles. The van der Waals surface area contributed by atoms with Crippen molar-refractivity contribution in [3.8, 4) is 6.07 Å². The molecule has 2 fully saturated rings. The van der Waals surface area contributed by atoms with Crippen LogP contribution in [-0.4, -0.2) is 40.7 Å². The van der Waals surface area contributed by atoms with Crippen molar-refractivity contribution in [2.75, 3.05) is 11.9 Å². The Morgan fingerprint density at radius 2 is 2.00 bits per heavy atom. The van der Waals surface area contributed by atoms with Crippen LogP contribution in [-0.2, 0) is 19.8 Å². The second-order valence-corrected chi connectivity index (χ2v) is 8.09. The molecule has 1 saturated heterocycles. The first-order valence-electron chi connectivity index (χ1n) is 9.32. The van der Waals surface area contributed by atoms with Gasteiger partial charge in [0.15, 0.2) is 0 Å². The Balaban J connectivity index is 1.59. The first kappa shape index (κ1) is 17.5. The van der Waals surface area contributed by atoms with Gasteiger partial charge in [0.1, 0.15) is 6.04 Å². The zero-order chi connectivity index (χ0) is 19.2. The maximum atomic E-state index is 12.8. The monoisotopic (exact) mass is 366 g/mol. The average Bonchev–Trinajstić information content (AvgIpc) is 3.32. The molecular weight excluding hydrogens is 344 g/mol. The molecule has 2 N–H and O–H groups in total. The largest absolute Gasteiger partial charge is 0.343 e. The summed E-state index contributed by atoms with van der Waals surface area (Å²) in [5.74, 6) is -1.64. The molecule has 2 heterocycles. The van der Waals surface area contributed by atoms with Gasteiger partial charge >= 0.3 is 11.8 Å². The molecule has 27 heavy (non-hydrogen) atoms. The lowest BCUT2D eigenvalue weighted by Gasteiger charge is -2.27. The Morgan fingerprint density at radius 3 is 2.70 bits per heavy atom. The Kier molecular flexibility index (Phi) is 3.95. The molecule has 2 atom stereocenters. The van der Waals surface area contributed by atoms with Crippen LogP contribution in [0.5, 0.6) is 0 Å². The molecule has 3 amide bonds. The quantitative estimate of drug-likeness (QED) is 0.734. The number of benzene rings is 1. The van der Waals surface area contributed by atoms with Crippen molar-refractivity contribution in [1.82, 2.24) is 10.2 Å². The predicted octanol–water partition coefficient (Wildman–Crippen LogP) is 1.45. The Hall–Kier alpha value is -2.88. The summed E-state index contributed by atoms with van der Waals surface area (Å²) in [6, 6.07) is 8.60. The highest BCUT2D eigenvalue weighted by Crippen LogP contribution is 2.46. The smallest absolute Gasteiger partial charge is 0.313 e. The fourth-order valence-electron chi connectivity index (χ4n) is 4.71. The fraction of sp³-hybridized carbons (Fsp3) is 0.500. The first-order chi connectivity index (χ1) is 12.9. The van der Waals surface area contributed by atoms with E-state index in [0.29, 0.717) is 5.69 Å². The molecule has 7 nitrogen and oxygen atoms in total. The molecular formula is C20H22N4O3. The van der Waals surface area contributed by atoms with Crippen LogP contribution in [0.2, 0.25) is 0 Å². The van der Waals surface area contributed by atoms with Crippen LogP contribution in [0.1, 0.15) is 44.6 Å². The van der Waals surface area contributed by atoms with Gasteiger partial charge in [0.25, 0.3) is 0 Å². The van der Waals surface area contributed by atoms with Gasteiger partial charge in [-0.1, -0.05) is 31.0 Å². The number of nitriles is 1. The number of fused-ring (bicyclic) bond motifs is 2. The minimum Gasteiger partial charge on any atom is -0.343 e. The first-order valence-corrected chi connectivity index (χ1v) is 9.32. The van der Waals surface area contributed by atoms with Crippen LogP contribution < -0.4 is 10.6 Å². The second kappa shape index (κ2) is 6.08. The molecule has 1 spiro atoms. The summed E-state index contributed by atoms with van der Waals surface area (Å²) in [6.45, 7) is 1.98. The third-order valence-electron chi connectivity index (χ3n) is 6.21. The topological polar surface area (TPSA) is 102 Å². The van der Waals surface area contributed by atoms with Crippen LogP contribution in [0.3, 0.4) is 0 Å². The molecule has 1 saturated carbocycles. The van der Waals surface area contributed by atoms with Gasteiger partial charge < -0.3 is 15.5 Å². The second-order valence-electron chi connectivity index (χ2n) is 8.09. The van der Waals surface area contributed by atoms with Gasteiger partial charge in [-0.05, 0) is 31.4 Å². The van der Waals surface area contributed by atoms with E-state index in [4.69, 9.17) is 0 Å². The van der Waals surface area contributed by atoms with E-state index in [0.717, 1.165) is 31.2 Å². The summed E-state index contributed by atoms with van der Waals surface area (Å²) in [7, 11) is 0. The molecule has 3 aliphatic rings. The number of carbonyl (C=O) groups excluding carboxylic acids is 3. The zero-order valence-electron chi connectivity index (χ0n) is 15.2. The summed E-state index contributed by atoms with van der Waals surface area (Å²) < 4.78 is 0. The van der Waals surface area contributed by atoms with Crippen molar-refractivity contribution in [2.45, 2.75) is 56.0 Å². The minimum absolute atomic E-state index is 0.0387. The standard InChI is InChI=1S/C20H22N4O3/c1-19(8-4-5-9-19)23-16(25)17(26)24-12-20(10-13(24)11-21)14-6-2-3-7-15(14)22-18(20)27/h2-3,6-7,13H,4-5,8-10,12H2,1H3,(H,22,27)(H,23,25)/t13-,20-/m0/s1. The van der Waals surface area contributed by atoms with Gasteiger partial charge in [-0.3, -0.25) is 14.4 Å². The van der Waals surface area contributed by atoms with E-state index >= 15 is 0 Å². The summed E-state index contributed by atoms with van der Waals surface area (Å²) >= 11 is 0. The minimum atomic E-state index is -0.968. The number of likely N-dealkylation sites (tertiary alicyclic amines) is 1. The molecule has 140 valence electrons. The average molecular weight is 366 g/mol. The van der Waals surface area contributed by atoms with Crippen molar-refractivity contribution >= 4 is 23.4 Å². The highest BCUT2D eigenvalue weighted by Gasteiger charge is 2.56. The number of rotatable bonds is 1. The third-order valence-corrected chi connectivity index (χ3v) is 6.21. The van der Waals surface area contributed by atoms with Crippen molar-refractivity contribution < 1.29 is 14.4 Å². The van der Waals surface area contributed by atoms with E-state index in [-0.39, 0.29) is 24.4 Å². The van der Waals surface area contributed by atoms with Crippen LogP contribution in [0, 0.1) is 11.3 Å². The van der Waals surface area contributed by atoms with Gasteiger partial charge in [-0.25, -0.2) is 0 Å². The summed E-state index contributed by atoms with van der Waals surface area (Å²) in [6.07, 6.45) is 3.93. The van der Waals surface area contributed by atoms with Crippen LogP contribution in [0.4, 0.5) is 5.69 Å². The number of hydrogen-bond acceptors (Lipinski definition) is 4. The Morgan fingerprint density at radius 1 is 1.30 bits per heavy atom. The lowest BCUT2D eigenvalue weighted by molar-refractivity contribution is -0.147. The lowest BCUT2D eigenvalue weighted by Crippen LogP contribution is -2.52. The maximum Gasteiger partial charge on any atom is 0.313 e. The number of nitrogens with one attached hydrogen (secondary N) is 2. The molecule has 4 rings (SSSR count). The Labute approximate surface area is 157 Å². The van der Waals surface area contributed by atoms with Gasteiger partial charge in [-0.2, -0.15) is 5.26 Å². The summed E-state index contributed by atoms with van der Waals surface area (Å²) in [5, 5.41) is 15.3. The van der Waals surface area contributed by atoms with Crippen molar-refractivity contribution in [1.29, 1.82) is 5.26 Å². The van der Waals surface area contributed by atoms with E-state index in [1.165, 1.54) is 4.90 Å². The summed E-state index contributed by atoms with van der Waals surface area (Å²) in [4.78, 5) is 39.4. The highest BCUT2D eigenvalue weighted by molar-refractivity contribution is 6.35.